The van der Waals surface area contributed by atoms with Crippen LogP contribution in [-0.4, -0.2) is 59.9 Å². The number of carbonyl (C=O) groups is 1. The second-order valence-electron chi connectivity index (χ2n) is 6.13. The normalized spacial score (nSPS) is 15.4. The average Bonchev–Trinajstić information content (AvgIpc) is 3.16. The van der Waals surface area contributed by atoms with Gasteiger partial charge in [0, 0.05) is 26.0 Å². The first-order valence-corrected chi connectivity index (χ1v) is 9.84. The fourth-order valence-corrected chi connectivity index (χ4v) is 3.53. The topological polar surface area (TPSA) is 134 Å². The van der Waals surface area contributed by atoms with E-state index >= 15 is 0 Å². The molecule has 12 heteroatoms. The van der Waals surface area contributed by atoms with E-state index in [0.717, 1.165) is 11.1 Å². The Kier molecular flexibility index (Phi) is 7.25. The molecule has 1 aliphatic rings. The van der Waals surface area contributed by atoms with Crippen LogP contribution in [0.4, 0.5) is 9.18 Å². The van der Waals surface area contributed by atoms with Crippen molar-refractivity contribution in [3.05, 3.63) is 40.8 Å². The van der Waals surface area contributed by atoms with E-state index in [9.17, 15) is 14.4 Å². The van der Waals surface area contributed by atoms with Crippen molar-refractivity contribution >= 4 is 23.6 Å². The Morgan fingerprint density at radius 1 is 1.41 bits per heavy atom. The molecule has 0 saturated heterocycles. The zero-order valence-corrected chi connectivity index (χ0v) is 16.5. The summed E-state index contributed by atoms with van der Waals surface area (Å²) in [5, 5.41) is 29.0. The van der Waals surface area contributed by atoms with Gasteiger partial charge in [-0.3, -0.25) is 0 Å². The number of rotatable bonds is 9. The number of hydrogen-bond donors (Lipinski definition) is 4. The summed E-state index contributed by atoms with van der Waals surface area (Å²) in [4.78, 5) is 11.6. The summed E-state index contributed by atoms with van der Waals surface area (Å²) in [7, 11) is 1.56. The zero-order valence-electron chi connectivity index (χ0n) is 15.6. The number of benzene rings is 1. The number of halogens is 1. The Morgan fingerprint density at radius 3 is 3.03 bits per heavy atom. The molecule has 2 aromatic rings. The number of methoxy groups -OCH3 is 1. The number of hydrogen-bond acceptors (Lipinski definition) is 8. The lowest BCUT2D eigenvalue weighted by Crippen LogP contribution is -2.38. The number of oxime groups is 1. The molecule has 156 valence electrons. The fraction of sp³-hybridized carbons (Fsp3) is 0.412. The van der Waals surface area contributed by atoms with Gasteiger partial charge in [-0.25, -0.2) is 13.8 Å². The molecule has 3 rings (SSSR count). The number of aromatic nitrogens is 2. The Morgan fingerprint density at radius 2 is 2.24 bits per heavy atom. The predicted molar refractivity (Wildman–Crippen MR) is 103 cm³/mol. The number of urea groups is 1. The largest absolute Gasteiger partial charge is 0.409 e. The van der Waals surface area contributed by atoms with Crippen molar-refractivity contribution in [3.63, 3.8) is 0 Å². The Balaban J connectivity index is 1.50. The maximum absolute atomic E-state index is 13.4. The number of ether oxygens (including phenoxy) is 1. The third kappa shape index (κ3) is 5.35. The second-order valence-corrected chi connectivity index (χ2v) is 7.22. The first-order chi connectivity index (χ1) is 14.1. The highest BCUT2D eigenvalue weighted by molar-refractivity contribution is 7.99. The fourth-order valence-electron chi connectivity index (χ4n) is 2.77. The Hall–Kier alpha value is -2.86. The molecule has 10 nitrogen and oxygen atoms in total. The second kappa shape index (κ2) is 10.1. The van der Waals surface area contributed by atoms with Crippen molar-refractivity contribution in [3.8, 4) is 0 Å². The van der Waals surface area contributed by atoms with E-state index in [2.05, 4.69) is 31.4 Å². The van der Waals surface area contributed by atoms with Crippen LogP contribution in [-0.2, 0) is 11.2 Å². The summed E-state index contributed by atoms with van der Waals surface area (Å²) in [5.41, 5.74) is 2.08. The van der Waals surface area contributed by atoms with E-state index in [4.69, 9.17) is 9.37 Å². The van der Waals surface area contributed by atoms with E-state index in [-0.39, 0.29) is 29.4 Å². The number of fused-ring (bicyclic) bond motifs is 1. The average molecular weight is 424 g/mol. The van der Waals surface area contributed by atoms with Crippen molar-refractivity contribution in [1.29, 1.82) is 0 Å². The van der Waals surface area contributed by atoms with Crippen LogP contribution in [0.2, 0.25) is 0 Å². The lowest BCUT2D eigenvalue weighted by Gasteiger charge is -2.31. The molecular weight excluding hydrogens is 403 g/mol. The van der Waals surface area contributed by atoms with E-state index in [1.54, 1.807) is 13.2 Å². The zero-order chi connectivity index (χ0) is 20.6. The molecule has 0 radical (unpaired) electrons. The van der Waals surface area contributed by atoms with Gasteiger partial charge in [-0.2, -0.15) is 0 Å². The Labute approximate surface area is 170 Å². The molecule has 1 aromatic heterocycles. The van der Waals surface area contributed by atoms with Crippen LogP contribution >= 0.6 is 11.8 Å². The van der Waals surface area contributed by atoms with Gasteiger partial charge in [0.05, 0.1) is 12.6 Å². The van der Waals surface area contributed by atoms with Gasteiger partial charge in [0.15, 0.2) is 16.6 Å². The maximum atomic E-state index is 13.4. The quantitative estimate of drug-likeness (QED) is 0.118. The summed E-state index contributed by atoms with van der Waals surface area (Å²) < 4.78 is 23.1. The summed E-state index contributed by atoms with van der Waals surface area (Å²) in [6.07, 6.45) is 0.671. The van der Waals surface area contributed by atoms with Crippen LogP contribution in [0.25, 0.3) is 0 Å². The van der Waals surface area contributed by atoms with E-state index < -0.39 is 0 Å². The molecule has 0 fully saturated rings. The molecule has 1 unspecified atom stereocenters. The molecule has 2 amide bonds. The smallest absolute Gasteiger partial charge is 0.314 e. The number of amides is 2. The highest BCUT2D eigenvalue weighted by atomic mass is 32.2. The Bertz CT molecular complexity index is 877. The molecule has 0 aliphatic heterocycles. The van der Waals surface area contributed by atoms with Crippen molar-refractivity contribution in [2.75, 3.05) is 32.6 Å². The standard InChI is InChI=1S/C17H21FN6O4S/c1-27-6-4-19-17(25)20-5-7-29-16-14(23-28-24-16)15(22-26)21-13-8-10-2-3-11(18)9-12(10)13/h2-3,9,13,26H,4-8H2,1H3,(H,21,22)(H2,19,20,25). The van der Waals surface area contributed by atoms with Crippen LogP contribution in [0.15, 0.2) is 33.0 Å². The first-order valence-electron chi connectivity index (χ1n) is 8.85. The van der Waals surface area contributed by atoms with Gasteiger partial charge >= 0.3 is 6.03 Å². The third-order valence-electron chi connectivity index (χ3n) is 4.22. The molecule has 0 bridgehead atoms. The van der Waals surface area contributed by atoms with Crippen molar-refractivity contribution in [2.24, 2.45) is 5.16 Å². The van der Waals surface area contributed by atoms with Crippen LogP contribution in [0.1, 0.15) is 22.9 Å². The summed E-state index contributed by atoms with van der Waals surface area (Å²) in [5.74, 6) is 0.254. The number of thioether (sulfide) groups is 1. The van der Waals surface area contributed by atoms with Gasteiger partial charge in [-0.1, -0.05) is 23.0 Å². The van der Waals surface area contributed by atoms with Gasteiger partial charge < -0.3 is 25.9 Å². The van der Waals surface area contributed by atoms with Gasteiger partial charge in [-0.15, -0.1) is 0 Å². The molecule has 0 spiro atoms. The minimum atomic E-state index is -0.323. The molecule has 1 heterocycles. The minimum absolute atomic E-state index is 0.0823. The van der Waals surface area contributed by atoms with Crippen LogP contribution in [0.3, 0.4) is 0 Å². The number of nitrogens with zero attached hydrogens (tertiary/aromatic N) is 3. The first kappa shape index (κ1) is 20.9. The minimum Gasteiger partial charge on any atom is -0.409 e. The van der Waals surface area contributed by atoms with E-state index in [1.807, 2.05) is 0 Å². The molecular formula is C17H21FN6O4S. The predicted octanol–water partition coefficient (Wildman–Crippen LogP) is 1.27. The van der Waals surface area contributed by atoms with Crippen LogP contribution < -0.4 is 16.0 Å². The molecule has 29 heavy (non-hydrogen) atoms. The third-order valence-corrected chi connectivity index (χ3v) is 5.17. The van der Waals surface area contributed by atoms with Crippen molar-refractivity contribution in [2.45, 2.75) is 17.5 Å². The van der Waals surface area contributed by atoms with Crippen LogP contribution in [0.5, 0.6) is 0 Å². The highest BCUT2D eigenvalue weighted by Gasteiger charge is 2.29. The monoisotopic (exact) mass is 424 g/mol. The van der Waals surface area contributed by atoms with Gasteiger partial charge in [0.2, 0.25) is 0 Å². The van der Waals surface area contributed by atoms with Gasteiger partial charge in [0.1, 0.15) is 5.82 Å². The number of amidine groups is 1. The summed E-state index contributed by atoms with van der Waals surface area (Å²) in [6.45, 7) is 1.23. The molecule has 0 saturated carbocycles. The molecule has 1 aromatic carbocycles. The van der Waals surface area contributed by atoms with Gasteiger partial charge in [-0.05, 0) is 40.0 Å². The van der Waals surface area contributed by atoms with E-state index in [0.29, 0.717) is 36.9 Å². The van der Waals surface area contributed by atoms with E-state index in [1.165, 1.54) is 23.9 Å². The molecule has 1 aliphatic carbocycles. The van der Waals surface area contributed by atoms with Gasteiger partial charge in [0.25, 0.3) is 0 Å². The lowest BCUT2D eigenvalue weighted by atomic mass is 9.83. The highest BCUT2D eigenvalue weighted by Crippen LogP contribution is 2.34. The number of nitrogens with one attached hydrogen (secondary N) is 3. The van der Waals surface area contributed by atoms with Crippen molar-refractivity contribution < 1.29 is 23.8 Å². The van der Waals surface area contributed by atoms with Crippen LogP contribution in [0, 0.1) is 5.82 Å². The molecule has 1 atom stereocenters. The summed E-state index contributed by atoms with van der Waals surface area (Å²) >= 11 is 1.28. The SMILES string of the molecule is COCCNC(=O)NCCSc1nonc1/C(=N/O)NC1Cc2ccc(F)cc21. The summed E-state index contributed by atoms with van der Waals surface area (Å²) in [6, 6.07) is 4.11. The molecule has 4 N–H and O–H groups in total. The van der Waals surface area contributed by atoms with Crippen molar-refractivity contribution in [1.82, 2.24) is 26.3 Å². The number of carbonyl (C=O) groups excluding carboxylic acids is 1. The lowest BCUT2D eigenvalue weighted by molar-refractivity contribution is 0.196. The maximum Gasteiger partial charge on any atom is 0.314 e.